The van der Waals surface area contributed by atoms with Gasteiger partial charge in [-0.1, -0.05) is 31.5 Å². The zero-order valence-electron chi connectivity index (χ0n) is 17.0. The maximum atomic E-state index is 14.4. The van der Waals surface area contributed by atoms with E-state index in [9.17, 15) is 79.0 Å². The Morgan fingerprint density at radius 2 is 0.833 bits per heavy atom. The molecule has 1 aromatic carbocycles. The molecule has 0 N–H and O–H groups in total. The lowest BCUT2D eigenvalue weighted by Crippen LogP contribution is -2.60. The Balaban J connectivity index is 4.02. The molecule has 0 atom stereocenters. The van der Waals surface area contributed by atoms with Crippen molar-refractivity contribution in [1.29, 1.82) is 0 Å². The third kappa shape index (κ3) is 4.56. The van der Waals surface area contributed by atoms with E-state index in [-0.39, 0.29) is 18.9 Å². The van der Waals surface area contributed by atoms with E-state index in [0.29, 0.717) is 0 Å². The molecule has 1 radical (unpaired) electrons. The van der Waals surface area contributed by atoms with E-state index in [1.165, 1.54) is 0 Å². The molecule has 1 rings (SSSR count). The second kappa shape index (κ2) is 9.06. The summed E-state index contributed by atoms with van der Waals surface area (Å²) in [5.74, 6) is -43.7. The van der Waals surface area contributed by atoms with Gasteiger partial charge in [-0.15, -0.1) is 0 Å². The van der Waals surface area contributed by atoms with Crippen LogP contribution in [-0.4, -0.2) is 36.0 Å². The molecule has 0 nitrogen and oxygen atoms in total. The van der Waals surface area contributed by atoms with Crippen LogP contribution in [0.1, 0.15) is 36.5 Å². The quantitative estimate of drug-likeness (QED) is 0.261. The molecule has 0 saturated carbocycles. The molecule has 0 aliphatic carbocycles. The van der Waals surface area contributed by atoms with Gasteiger partial charge in [0.15, 0.2) is 0 Å². The molecule has 0 aliphatic rings. The molecule has 0 spiro atoms. The highest BCUT2D eigenvalue weighted by molar-refractivity contribution is 5.47. The van der Waals surface area contributed by atoms with Crippen molar-refractivity contribution in [3.05, 3.63) is 41.3 Å². The zero-order valence-corrected chi connectivity index (χ0v) is 17.0. The van der Waals surface area contributed by atoms with Crippen LogP contribution in [0.2, 0.25) is 0 Å². The highest BCUT2D eigenvalue weighted by Gasteiger charge is 2.84. The van der Waals surface area contributed by atoms with Crippen molar-refractivity contribution in [2.75, 3.05) is 0 Å². The smallest absolute Gasteiger partial charge is 0.194 e. The van der Waals surface area contributed by atoms with Crippen LogP contribution in [0, 0.1) is 6.42 Å². The fourth-order valence-corrected chi connectivity index (χ4v) is 2.71. The van der Waals surface area contributed by atoms with Gasteiger partial charge >= 0.3 is 47.9 Å². The van der Waals surface area contributed by atoms with Crippen molar-refractivity contribution >= 4 is 0 Å². The summed E-state index contributed by atoms with van der Waals surface area (Å²) in [6.45, 7) is 1.09. The number of alkyl halides is 18. The van der Waals surface area contributed by atoms with Gasteiger partial charge in [0.1, 0.15) is 0 Å². The van der Waals surface area contributed by atoms with Crippen LogP contribution in [0.3, 0.4) is 0 Å². The Morgan fingerprint density at radius 3 is 1.08 bits per heavy atom. The highest BCUT2D eigenvalue weighted by atomic mass is 19.4. The van der Waals surface area contributed by atoms with Crippen LogP contribution in [0.5, 0.6) is 0 Å². The van der Waals surface area contributed by atoms with Crippen LogP contribution in [0.25, 0.3) is 0 Å². The lowest BCUT2D eigenvalue weighted by Gasteiger charge is -2.37. The lowest BCUT2D eigenvalue weighted by molar-refractivity contribution is -0.400. The first-order valence-corrected chi connectivity index (χ1v) is 9.05. The Bertz CT molecular complexity index is 853. The SMILES string of the molecule is CCC[CH]c1c(C(F)(F)C(F)(F)C(F)(F)C(F)(F)F)cccc1C(F)(F)C(F)(F)C(F)(F)C(F)(F)F. The molecular weight excluding hydrogens is 558 g/mol. The largest absolute Gasteiger partial charge is 0.460 e. The van der Waals surface area contributed by atoms with Crippen molar-refractivity contribution < 1.29 is 79.0 Å². The average Bonchev–Trinajstić information content (AvgIpc) is 2.69. The third-order valence-electron chi connectivity index (χ3n) is 4.71. The van der Waals surface area contributed by atoms with E-state index in [1.54, 1.807) is 0 Å². The first-order chi connectivity index (χ1) is 15.7. The summed E-state index contributed by atoms with van der Waals surface area (Å²) in [7, 11) is 0. The number of hydrogen-bond acceptors (Lipinski definition) is 0. The van der Waals surface area contributed by atoms with Gasteiger partial charge in [0.2, 0.25) is 0 Å². The van der Waals surface area contributed by atoms with Gasteiger partial charge in [-0.2, -0.15) is 79.0 Å². The van der Waals surface area contributed by atoms with Crippen molar-refractivity contribution in [1.82, 2.24) is 0 Å². The number of rotatable bonds is 9. The number of hydrogen-bond donors (Lipinski definition) is 0. The molecule has 0 unspecified atom stereocenters. The van der Waals surface area contributed by atoms with E-state index in [0.717, 1.165) is 6.92 Å². The summed E-state index contributed by atoms with van der Waals surface area (Å²) in [5, 5.41) is 0. The Kier molecular flexibility index (Phi) is 8.05. The van der Waals surface area contributed by atoms with Crippen LogP contribution < -0.4 is 0 Å². The Labute approximate surface area is 189 Å². The van der Waals surface area contributed by atoms with Crippen molar-refractivity contribution in [3.8, 4) is 0 Å². The van der Waals surface area contributed by atoms with Crippen LogP contribution in [-0.2, 0) is 11.8 Å². The molecule has 18 heteroatoms. The minimum atomic E-state index is -7.56. The third-order valence-corrected chi connectivity index (χ3v) is 4.71. The molecule has 0 heterocycles. The molecule has 1 aromatic rings. The normalized spacial score (nSPS) is 15.4. The van der Waals surface area contributed by atoms with Crippen molar-refractivity contribution in [2.45, 2.75) is 67.7 Å². The molecule has 0 bridgehead atoms. The summed E-state index contributed by atoms with van der Waals surface area (Å²) in [6.07, 6.45) is -16.1. The molecule has 0 saturated heterocycles. The van der Waals surface area contributed by atoms with Gasteiger partial charge in [-0.25, -0.2) is 0 Å². The van der Waals surface area contributed by atoms with Gasteiger partial charge < -0.3 is 0 Å². The Hall–Kier alpha value is -2.04. The predicted octanol–water partition coefficient (Wildman–Crippen LogP) is 8.89. The number of halogens is 18. The summed E-state index contributed by atoms with van der Waals surface area (Å²) < 4.78 is 240. The molecule has 209 valence electrons. The average molecular weight is 569 g/mol. The van der Waals surface area contributed by atoms with Crippen molar-refractivity contribution in [3.63, 3.8) is 0 Å². The minimum absolute atomic E-state index is 0.115. The highest BCUT2D eigenvalue weighted by Crippen LogP contribution is 2.60. The van der Waals surface area contributed by atoms with Crippen LogP contribution >= 0.6 is 0 Å². The topological polar surface area (TPSA) is 0 Å². The fourth-order valence-electron chi connectivity index (χ4n) is 2.71. The van der Waals surface area contributed by atoms with E-state index in [2.05, 4.69) is 0 Å². The maximum Gasteiger partial charge on any atom is 0.460 e. The van der Waals surface area contributed by atoms with Crippen LogP contribution in [0.15, 0.2) is 18.2 Å². The van der Waals surface area contributed by atoms with Crippen molar-refractivity contribution in [2.24, 2.45) is 0 Å². The van der Waals surface area contributed by atoms with Gasteiger partial charge in [0, 0.05) is 11.1 Å². The van der Waals surface area contributed by atoms with Gasteiger partial charge in [0.25, 0.3) is 0 Å². The molecule has 0 aliphatic heterocycles. The summed E-state index contributed by atoms with van der Waals surface area (Å²) in [6, 6.07) is -1.30. The first-order valence-electron chi connectivity index (χ1n) is 9.05. The van der Waals surface area contributed by atoms with E-state index >= 15 is 0 Å². The van der Waals surface area contributed by atoms with E-state index in [4.69, 9.17) is 0 Å². The predicted molar refractivity (Wildman–Crippen MR) is 84.4 cm³/mol. The van der Waals surface area contributed by atoms with Gasteiger partial charge in [-0.05, 0) is 18.4 Å². The molecule has 36 heavy (non-hydrogen) atoms. The second-order valence-electron chi connectivity index (χ2n) is 7.20. The van der Waals surface area contributed by atoms with Gasteiger partial charge in [-0.3, -0.25) is 0 Å². The van der Waals surface area contributed by atoms with E-state index < -0.39 is 83.1 Å². The molecule has 0 amide bonds. The first kappa shape index (κ1) is 32.0. The summed E-state index contributed by atoms with van der Waals surface area (Å²) in [5.41, 5.74) is -8.16. The standard InChI is InChI=1S/C18H11F18/c1-2-3-5-8-9(11(19,20)13(23,24)15(27,28)17(31,32)33)6-4-7-10(8)12(21,22)14(25,26)16(29,30)18(34,35)36/h4-7H,2-3H2,1H3. The summed E-state index contributed by atoms with van der Waals surface area (Å²) >= 11 is 0. The van der Waals surface area contributed by atoms with E-state index in [1.807, 2.05) is 0 Å². The maximum absolute atomic E-state index is 14.4. The summed E-state index contributed by atoms with van der Waals surface area (Å²) in [4.78, 5) is 0. The lowest BCUT2D eigenvalue weighted by atomic mass is 9.84. The fraction of sp³-hybridized carbons (Fsp3) is 0.611. The number of benzene rings is 1. The molecule has 0 aromatic heterocycles. The molecule has 0 fully saturated rings. The number of unbranched alkanes of at least 4 members (excludes halogenated alkanes) is 1. The minimum Gasteiger partial charge on any atom is -0.194 e. The van der Waals surface area contributed by atoms with Gasteiger partial charge in [0.05, 0.1) is 0 Å². The Morgan fingerprint density at radius 1 is 0.528 bits per heavy atom. The second-order valence-corrected chi connectivity index (χ2v) is 7.20. The monoisotopic (exact) mass is 569 g/mol. The van der Waals surface area contributed by atoms with Crippen LogP contribution in [0.4, 0.5) is 79.0 Å². The molecular formula is C18H11F18. The zero-order chi connectivity index (χ0) is 29.0.